The molecule has 0 saturated carbocycles. The van der Waals surface area contributed by atoms with Crippen LogP contribution in [0.15, 0.2) is 47.4 Å². The number of rotatable bonds is 9. The number of carbonyl (C=O) groups is 1. The standard InChI is InChI=1S/C22H27N3O3S2/c1-4-7-15-25(6-3)30(27,28)18-13-11-17(12-14-18)21(26)24-22-23-20-16(5-2)9-8-10-19(20)29-22/h8-14H,4-7,15H2,1-3H3,(H,23,24,26). The smallest absolute Gasteiger partial charge is 0.257 e. The fourth-order valence-corrected chi connectivity index (χ4v) is 5.62. The van der Waals surface area contributed by atoms with Gasteiger partial charge in [-0.15, -0.1) is 0 Å². The van der Waals surface area contributed by atoms with Crippen LogP contribution >= 0.6 is 11.3 Å². The lowest BCUT2D eigenvalue weighted by Gasteiger charge is -2.20. The van der Waals surface area contributed by atoms with Crippen molar-refractivity contribution in [1.82, 2.24) is 9.29 Å². The molecule has 0 fully saturated rings. The van der Waals surface area contributed by atoms with E-state index in [2.05, 4.69) is 17.2 Å². The van der Waals surface area contributed by atoms with Crippen molar-refractivity contribution in [3.63, 3.8) is 0 Å². The predicted molar refractivity (Wildman–Crippen MR) is 123 cm³/mol. The largest absolute Gasteiger partial charge is 0.298 e. The summed E-state index contributed by atoms with van der Waals surface area (Å²) in [6.45, 7) is 6.85. The first kappa shape index (κ1) is 22.4. The molecule has 0 atom stereocenters. The summed E-state index contributed by atoms with van der Waals surface area (Å²) in [7, 11) is -3.56. The number of hydrogen-bond donors (Lipinski definition) is 1. The lowest BCUT2D eigenvalue weighted by molar-refractivity contribution is 0.102. The number of para-hydroxylation sites is 1. The van der Waals surface area contributed by atoms with E-state index in [1.54, 1.807) is 12.1 Å². The molecule has 0 saturated heterocycles. The second-order valence-corrected chi connectivity index (χ2v) is 9.93. The van der Waals surface area contributed by atoms with E-state index in [0.717, 1.165) is 35.0 Å². The van der Waals surface area contributed by atoms with Crippen molar-refractivity contribution in [3.05, 3.63) is 53.6 Å². The first-order valence-corrected chi connectivity index (χ1v) is 12.5. The summed E-state index contributed by atoms with van der Waals surface area (Å²) in [5, 5.41) is 3.36. The Labute approximate surface area is 182 Å². The summed E-state index contributed by atoms with van der Waals surface area (Å²) >= 11 is 1.43. The Hall–Kier alpha value is -2.29. The number of aromatic nitrogens is 1. The number of nitrogens with one attached hydrogen (secondary N) is 1. The number of hydrogen-bond acceptors (Lipinski definition) is 5. The first-order valence-electron chi connectivity index (χ1n) is 10.2. The minimum Gasteiger partial charge on any atom is -0.298 e. The second kappa shape index (κ2) is 9.68. The van der Waals surface area contributed by atoms with Crippen molar-refractivity contribution in [1.29, 1.82) is 0 Å². The van der Waals surface area contributed by atoms with E-state index < -0.39 is 10.0 Å². The zero-order valence-corrected chi connectivity index (χ0v) is 19.1. The summed E-state index contributed by atoms with van der Waals surface area (Å²) in [6, 6.07) is 12.1. The van der Waals surface area contributed by atoms with Crippen LogP contribution in [0.1, 0.15) is 49.5 Å². The molecule has 6 nitrogen and oxygen atoms in total. The van der Waals surface area contributed by atoms with Crippen LogP contribution in [0.25, 0.3) is 10.2 Å². The highest BCUT2D eigenvalue weighted by Gasteiger charge is 2.23. The van der Waals surface area contributed by atoms with E-state index in [-0.39, 0.29) is 10.8 Å². The SMILES string of the molecule is CCCCN(CC)S(=O)(=O)c1ccc(C(=O)Nc2nc3c(CC)cccc3s2)cc1. The number of amides is 1. The minimum absolute atomic E-state index is 0.199. The molecule has 3 aromatic rings. The van der Waals surface area contributed by atoms with Gasteiger partial charge in [-0.25, -0.2) is 13.4 Å². The lowest BCUT2D eigenvalue weighted by atomic mass is 10.1. The molecule has 0 aliphatic carbocycles. The van der Waals surface area contributed by atoms with Crippen LogP contribution in [-0.2, 0) is 16.4 Å². The highest BCUT2D eigenvalue weighted by molar-refractivity contribution is 7.89. The zero-order chi connectivity index (χ0) is 21.7. The molecule has 0 bridgehead atoms. The summed E-state index contributed by atoms with van der Waals surface area (Å²) in [5.41, 5.74) is 2.44. The maximum Gasteiger partial charge on any atom is 0.257 e. The third-order valence-corrected chi connectivity index (χ3v) is 7.90. The predicted octanol–water partition coefficient (Wildman–Crippen LogP) is 4.92. The van der Waals surface area contributed by atoms with E-state index in [0.29, 0.717) is 23.8 Å². The van der Waals surface area contributed by atoms with E-state index in [9.17, 15) is 13.2 Å². The van der Waals surface area contributed by atoms with Gasteiger partial charge in [0.1, 0.15) is 0 Å². The van der Waals surface area contributed by atoms with Crippen LogP contribution in [0, 0.1) is 0 Å². The molecule has 0 radical (unpaired) electrons. The number of aryl methyl sites for hydroxylation is 1. The van der Waals surface area contributed by atoms with Gasteiger partial charge in [0.05, 0.1) is 15.1 Å². The molecule has 8 heteroatoms. The Kier molecular flexibility index (Phi) is 7.23. The topological polar surface area (TPSA) is 79.4 Å². The molecule has 0 aliphatic heterocycles. The maximum atomic E-state index is 12.8. The molecule has 1 N–H and O–H groups in total. The summed E-state index contributed by atoms with van der Waals surface area (Å²) in [6.07, 6.45) is 2.61. The second-order valence-electron chi connectivity index (χ2n) is 6.97. The van der Waals surface area contributed by atoms with Crippen molar-refractivity contribution in [2.75, 3.05) is 18.4 Å². The average Bonchev–Trinajstić information content (AvgIpc) is 3.16. The Bertz CT molecular complexity index is 1120. The summed E-state index contributed by atoms with van der Waals surface area (Å²) < 4.78 is 28.1. The van der Waals surface area contributed by atoms with E-state index in [1.165, 1.54) is 27.8 Å². The Morgan fingerprint density at radius 1 is 1.10 bits per heavy atom. The van der Waals surface area contributed by atoms with Crippen LogP contribution in [0.2, 0.25) is 0 Å². The Morgan fingerprint density at radius 2 is 1.83 bits per heavy atom. The molecule has 160 valence electrons. The van der Waals surface area contributed by atoms with Crippen LogP contribution in [0.3, 0.4) is 0 Å². The van der Waals surface area contributed by atoms with Gasteiger partial charge < -0.3 is 0 Å². The third-order valence-electron chi connectivity index (χ3n) is 4.97. The highest BCUT2D eigenvalue weighted by Crippen LogP contribution is 2.29. The Balaban J connectivity index is 1.77. The molecule has 30 heavy (non-hydrogen) atoms. The van der Waals surface area contributed by atoms with Crippen LogP contribution in [0.4, 0.5) is 5.13 Å². The zero-order valence-electron chi connectivity index (χ0n) is 17.5. The molecule has 1 amide bonds. The fraction of sp³-hybridized carbons (Fsp3) is 0.364. The Morgan fingerprint density at radius 3 is 2.47 bits per heavy atom. The molecular weight excluding hydrogens is 418 g/mol. The van der Waals surface area contributed by atoms with E-state index in [4.69, 9.17) is 0 Å². The van der Waals surface area contributed by atoms with Gasteiger partial charge in [-0.1, -0.05) is 50.7 Å². The first-order chi connectivity index (χ1) is 14.4. The van der Waals surface area contributed by atoms with Crippen molar-refractivity contribution in [3.8, 4) is 0 Å². The molecule has 1 aromatic heterocycles. The number of carbonyl (C=O) groups excluding carboxylic acids is 1. The highest BCUT2D eigenvalue weighted by atomic mass is 32.2. The van der Waals surface area contributed by atoms with Gasteiger partial charge in [-0.05, 0) is 48.7 Å². The number of benzene rings is 2. The van der Waals surface area contributed by atoms with E-state index in [1.807, 2.05) is 32.0 Å². The molecule has 2 aromatic carbocycles. The summed E-state index contributed by atoms with van der Waals surface area (Å²) in [4.78, 5) is 17.4. The molecule has 3 rings (SSSR count). The molecular formula is C22H27N3O3S2. The fourth-order valence-electron chi connectivity index (χ4n) is 3.22. The number of nitrogens with zero attached hydrogens (tertiary/aromatic N) is 2. The van der Waals surface area contributed by atoms with Crippen molar-refractivity contribution in [2.45, 2.75) is 44.9 Å². The average molecular weight is 446 g/mol. The van der Waals surface area contributed by atoms with Gasteiger partial charge in [-0.2, -0.15) is 4.31 Å². The van der Waals surface area contributed by atoms with Gasteiger partial charge in [0.15, 0.2) is 5.13 Å². The van der Waals surface area contributed by atoms with Gasteiger partial charge in [-0.3, -0.25) is 10.1 Å². The lowest BCUT2D eigenvalue weighted by Crippen LogP contribution is -2.31. The van der Waals surface area contributed by atoms with Crippen LogP contribution in [-0.4, -0.2) is 36.7 Å². The van der Waals surface area contributed by atoms with Crippen molar-refractivity contribution >= 4 is 42.6 Å². The normalized spacial score (nSPS) is 11.9. The van der Waals surface area contributed by atoms with Gasteiger partial charge in [0, 0.05) is 18.7 Å². The molecule has 0 spiro atoms. The number of unbranched alkanes of at least 4 members (excludes halogenated alkanes) is 1. The molecule has 0 unspecified atom stereocenters. The molecule has 1 heterocycles. The van der Waals surface area contributed by atoms with Crippen molar-refractivity contribution in [2.24, 2.45) is 0 Å². The molecule has 0 aliphatic rings. The van der Waals surface area contributed by atoms with Crippen LogP contribution < -0.4 is 5.32 Å². The quantitative estimate of drug-likeness (QED) is 0.507. The number of thiazole rings is 1. The number of fused-ring (bicyclic) bond motifs is 1. The third kappa shape index (κ3) is 4.71. The van der Waals surface area contributed by atoms with Gasteiger partial charge in [0.2, 0.25) is 10.0 Å². The maximum absolute atomic E-state index is 12.8. The van der Waals surface area contributed by atoms with Crippen LogP contribution in [0.5, 0.6) is 0 Å². The summed E-state index contributed by atoms with van der Waals surface area (Å²) in [5.74, 6) is -0.311. The van der Waals surface area contributed by atoms with E-state index >= 15 is 0 Å². The van der Waals surface area contributed by atoms with Gasteiger partial charge >= 0.3 is 0 Å². The van der Waals surface area contributed by atoms with Gasteiger partial charge in [0.25, 0.3) is 5.91 Å². The monoisotopic (exact) mass is 445 g/mol. The minimum atomic E-state index is -3.56. The van der Waals surface area contributed by atoms with Crippen molar-refractivity contribution < 1.29 is 13.2 Å². The number of anilines is 1. The number of sulfonamides is 1.